The smallest absolute Gasteiger partial charge is 0.311 e. The fourth-order valence-electron chi connectivity index (χ4n) is 1.87. The lowest BCUT2D eigenvalue weighted by molar-refractivity contribution is -0.385. The summed E-state index contributed by atoms with van der Waals surface area (Å²) in [5, 5.41) is 16.4. The van der Waals surface area contributed by atoms with Crippen molar-refractivity contribution in [1.29, 1.82) is 0 Å². The van der Waals surface area contributed by atoms with Gasteiger partial charge < -0.3 is 10.1 Å². The topological polar surface area (TPSA) is 107 Å². The minimum atomic E-state index is -0.464. The Balaban J connectivity index is 1.94. The van der Waals surface area contributed by atoms with Crippen molar-refractivity contribution in [1.82, 2.24) is 9.97 Å². The van der Waals surface area contributed by atoms with Crippen molar-refractivity contribution in [3.05, 3.63) is 44.0 Å². The maximum atomic E-state index is 11.4. The molecule has 0 fully saturated rings. The summed E-state index contributed by atoms with van der Waals surface area (Å²) >= 11 is 1.42. The number of thiazole rings is 1. The maximum Gasteiger partial charge on any atom is 0.311 e. The van der Waals surface area contributed by atoms with Crippen LogP contribution in [-0.2, 0) is 22.5 Å². The van der Waals surface area contributed by atoms with Gasteiger partial charge in [0.15, 0.2) is 0 Å². The van der Waals surface area contributed by atoms with Crippen LogP contribution in [0.2, 0.25) is 0 Å². The van der Waals surface area contributed by atoms with E-state index in [4.69, 9.17) is 4.74 Å². The van der Waals surface area contributed by atoms with Gasteiger partial charge in [0.2, 0.25) is 0 Å². The fraction of sp³-hybridized carbons (Fsp3) is 0.357. The van der Waals surface area contributed by atoms with Crippen molar-refractivity contribution < 1.29 is 14.5 Å². The van der Waals surface area contributed by atoms with Crippen LogP contribution in [-0.4, -0.2) is 27.5 Å². The second-order valence-corrected chi connectivity index (χ2v) is 5.62. The molecule has 2 rings (SSSR count). The third-order valence-electron chi connectivity index (χ3n) is 2.93. The Hall–Kier alpha value is -2.55. The number of esters is 1. The second kappa shape index (κ2) is 7.63. The second-order valence-electron chi connectivity index (χ2n) is 4.68. The molecule has 0 saturated carbocycles. The van der Waals surface area contributed by atoms with Crippen LogP contribution < -0.4 is 5.32 Å². The van der Waals surface area contributed by atoms with Crippen LogP contribution in [0.5, 0.6) is 0 Å². The first kappa shape index (κ1) is 16.8. The number of nitro groups is 1. The third-order valence-corrected chi connectivity index (χ3v) is 3.83. The molecule has 0 aliphatic carbocycles. The lowest BCUT2D eigenvalue weighted by Gasteiger charge is -2.04. The molecule has 0 amide bonds. The molecular formula is C14H16N4O4S. The van der Waals surface area contributed by atoms with Crippen LogP contribution in [0.15, 0.2) is 17.6 Å². The van der Waals surface area contributed by atoms with E-state index in [0.717, 1.165) is 5.01 Å². The summed E-state index contributed by atoms with van der Waals surface area (Å²) in [6, 6.07) is 1.62. The van der Waals surface area contributed by atoms with Gasteiger partial charge in [-0.05, 0) is 19.9 Å². The number of pyridine rings is 1. The number of nitrogens with zero attached hydrogens (tertiary/aromatic N) is 3. The molecule has 0 unspecified atom stereocenters. The number of aromatic nitrogens is 2. The molecule has 0 aliphatic rings. The van der Waals surface area contributed by atoms with E-state index in [9.17, 15) is 14.9 Å². The van der Waals surface area contributed by atoms with Crippen molar-refractivity contribution in [3.8, 4) is 0 Å². The molecule has 0 atom stereocenters. The highest BCUT2D eigenvalue weighted by atomic mass is 32.1. The number of ether oxygens (including phenoxy) is 1. The predicted octanol–water partition coefficient (Wildman–Crippen LogP) is 2.47. The number of hydrogen-bond acceptors (Lipinski definition) is 8. The van der Waals surface area contributed by atoms with Gasteiger partial charge in [0, 0.05) is 10.9 Å². The molecule has 0 aliphatic heterocycles. The third kappa shape index (κ3) is 4.71. The monoisotopic (exact) mass is 336 g/mol. The highest BCUT2D eigenvalue weighted by molar-refractivity contribution is 7.09. The van der Waals surface area contributed by atoms with Gasteiger partial charge in [0.1, 0.15) is 17.0 Å². The molecule has 0 spiro atoms. The van der Waals surface area contributed by atoms with E-state index in [2.05, 4.69) is 15.3 Å². The zero-order chi connectivity index (χ0) is 16.8. The number of carbonyl (C=O) groups is 1. The largest absolute Gasteiger partial charge is 0.466 e. The molecule has 0 aromatic carbocycles. The summed E-state index contributed by atoms with van der Waals surface area (Å²) in [4.78, 5) is 30.0. The van der Waals surface area contributed by atoms with Crippen LogP contribution in [0.1, 0.15) is 23.2 Å². The van der Waals surface area contributed by atoms with Gasteiger partial charge in [-0.25, -0.2) is 9.97 Å². The molecule has 0 bridgehead atoms. The van der Waals surface area contributed by atoms with E-state index in [1.807, 2.05) is 5.38 Å². The van der Waals surface area contributed by atoms with E-state index in [1.165, 1.54) is 17.5 Å². The molecule has 2 heterocycles. The zero-order valence-electron chi connectivity index (χ0n) is 12.7. The van der Waals surface area contributed by atoms with Gasteiger partial charge in [0.25, 0.3) is 5.69 Å². The van der Waals surface area contributed by atoms with E-state index in [1.54, 1.807) is 19.9 Å². The predicted molar refractivity (Wildman–Crippen MR) is 85.4 cm³/mol. The number of anilines is 1. The Morgan fingerprint density at radius 2 is 2.30 bits per heavy atom. The highest BCUT2D eigenvalue weighted by Gasteiger charge is 2.12. The van der Waals surface area contributed by atoms with Crippen molar-refractivity contribution in [3.63, 3.8) is 0 Å². The standard InChI is InChI=1S/C14H16N4O4S/c1-3-22-14(19)5-10-8-23-13(17-10)7-16-12-4-9(2)11(6-15-12)18(20)21/h4,6,8H,3,5,7H2,1-2H3,(H,15,16). The maximum absolute atomic E-state index is 11.4. The van der Waals surface area contributed by atoms with E-state index in [-0.39, 0.29) is 18.1 Å². The van der Waals surface area contributed by atoms with Crippen molar-refractivity contribution in [2.75, 3.05) is 11.9 Å². The van der Waals surface area contributed by atoms with Crippen LogP contribution in [0, 0.1) is 17.0 Å². The number of rotatable bonds is 7. The Morgan fingerprint density at radius 1 is 1.52 bits per heavy atom. The first-order chi connectivity index (χ1) is 11.0. The molecule has 2 aromatic rings. The minimum Gasteiger partial charge on any atom is -0.466 e. The molecule has 8 nitrogen and oxygen atoms in total. The Morgan fingerprint density at radius 3 is 2.96 bits per heavy atom. The van der Waals surface area contributed by atoms with Crippen LogP contribution in [0.3, 0.4) is 0 Å². The SMILES string of the molecule is CCOC(=O)Cc1csc(CNc2cc(C)c([N+](=O)[O-])cn2)n1. The van der Waals surface area contributed by atoms with Crippen molar-refractivity contribution in [2.45, 2.75) is 26.8 Å². The van der Waals surface area contributed by atoms with E-state index >= 15 is 0 Å². The summed E-state index contributed by atoms with van der Waals surface area (Å²) in [6.07, 6.45) is 1.38. The summed E-state index contributed by atoms with van der Waals surface area (Å²) in [5.41, 5.74) is 1.19. The van der Waals surface area contributed by atoms with Crippen molar-refractivity contribution >= 4 is 28.8 Å². The van der Waals surface area contributed by atoms with E-state index < -0.39 is 4.92 Å². The minimum absolute atomic E-state index is 0.0125. The molecular weight excluding hydrogens is 320 g/mol. The fourth-order valence-corrected chi connectivity index (χ4v) is 2.61. The molecule has 1 N–H and O–H groups in total. The first-order valence-electron chi connectivity index (χ1n) is 6.93. The van der Waals surface area contributed by atoms with Crippen LogP contribution in [0.4, 0.5) is 11.5 Å². The van der Waals surface area contributed by atoms with Gasteiger partial charge in [-0.1, -0.05) is 0 Å². The Bertz CT molecular complexity index is 717. The summed E-state index contributed by atoms with van der Waals surface area (Å²) in [7, 11) is 0. The Kier molecular flexibility index (Phi) is 5.58. The van der Waals surface area contributed by atoms with Crippen molar-refractivity contribution in [2.24, 2.45) is 0 Å². The first-order valence-corrected chi connectivity index (χ1v) is 7.81. The molecule has 0 radical (unpaired) electrons. The summed E-state index contributed by atoms with van der Waals surface area (Å²) < 4.78 is 4.87. The average Bonchev–Trinajstić information content (AvgIpc) is 2.92. The molecule has 9 heteroatoms. The lowest BCUT2D eigenvalue weighted by atomic mass is 10.2. The number of hydrogen-bond donors (Lipinski definition) is 1. The van der Waals surface area contributed by atoms with Gasteiger partial charge >= 0.3 is 5.97 Å². The van der Waals surface area contributed by atoms with Gasteiger partial charge in [-0.15, -0.1) is 11.3 Å². The molecule has 122 valence electrons. The van der Waals surface area contributed by atoms with E-state index in [0.29, 0.717) is 30.2 Å². The summed E-state index contributed by atoms with van der Waals surface area (Å²) in [6.45, 7) is 4.19. The molecule has 0 saturated heterocycles. The number of carbonyl (C=O) groups excluding carboxylic acids is 1. The summed E-state index contributed by atoms with van der Waals surface area (Å²) in [5.74, 6) is 0.236. The number of nitrogens with one attached hydrogen (secondary N) is 1. The van der Waals surface area contributed by atoms with Crippen LogP contribution >= 0.6 is 11.3 Å². The van der Waals surface area contributed by atoms with Gasteiger partial charge in [0.05, 0.1) is 30.2 Å². The van der Waals surface area contributed by atoms with Gasteiger partial charge in [-0.2, -0.15) is 0 Å². The quantitative estimate of drug-likeness (QED) is 0.470. The van der Waals surface area contributed by atoms with Crippen LogP contribution in [0.25, 0.3) is 0 Å². The number of aryl methyl sites for hydroxylation is 1. The zero-order valence-corrected chi connectivity index (χ0v) is 13.6. The Labute approximate surface area is 136 Å². The average molecular weight is 336 g/mol. The highest BCUT2D eigenvalue weighted by Crippen LogP contribution is 2.19. The normalized spacial score (nSPS) is 10.3. The molecule has 23 heavy (non-hydrogen) atoms. The molecule has 2 aromatic heterocycles. The van der Waals surface area contributed by atoms with Gasteiger partial charge in [-0.3, -0.25) is 14.9 Å². The lowest BCUT2D eigenvalue weighted by Crippen LogP contribution is -2.08.